The third kappa shape index (κ3) is 3.77. The van der Waals surface area contributed by atoms with Crippen molar-refractivity contribution in [3.63, 3.8) is 0 Å². The zero-order valence-electron chi connectivity index (χ0n) is 13.5. The number of benzene rings is 2. The molecular formula is C17H9Cl2F6N3. The molecule has 0 aliphatic carbocycles. The van der Waals surface area contributed by atoms with Crippen LogP contribution in [0.25, 0.3) is 16.8 Å². The molecule has 11 heteroatoms. The van der Waals surface area contributed by atoms with Gasteiger partial charge in [0.15, 0.2) is 5.69 Å². The van der Waals surface area contributed by atoms with Crippen molar-refractivity contribution in [3.05, 3.63) is 63.8 Å². The van der Waals surface area contributed by atoms with Gasteiger partial charge >= 0.3 is 12.4 Å². The summed E-state index contributed by atoms with van der Waals surface area (Å²) < 4.78 is 80.1. The number of hydrogen-bond acceptors (Lipinski definition) is 2. The van der Waals surface area contributed by atoms with E-state index in [2.05, 4.69) is 5.10 Å². The van der Waals surface area contributed by atoms with E-state index >= 15 is 0 Å². The molecule has 3 rings (SSSR count). The maximum Gasteiger partial charge on any atom is 0.435 e. The summed E-state index contributed by atoms with van der Waals surface area (Å²) in [5, 5.41) is 3.49. The van der Waals surface area contributed by atoms with Gasteiger partial charge in [-0.05, 0) is 30.3 Å². The van der Waals surface area contributed by atoms with Crippen LogP contribution < -0.4 is 5.73 Å². The minimum absolute atomic E-state index is 0.103. The fourth-order valence-electron chi connectivity index (χ4n) is 2.60. The van der Waals surface area contributed by atoms with Gasteiger partial charge in [-0.1, -0.05) is 35.3 Å². The van der Waals surface area contributed by atoms with E-state index in [1.807, 2.05) is 0 Å². The lowest BCUT2D eigenvalue weighted by molar-refractivity contribution is -0.141. The Balaban J connectivity index is 2.28. The van der Waals surface area contributed by atoms with Crippen LogP contribution in [0.4, 0.5) is 32.2 Å². The second kappa shape index (κ2) is 6.89. The Morgan fingerprint density at radius 1 is 0.893 bits per heavy atom. The monoisotopic (exact) mass is 439 g/mol. The molecule has 3 nitrogen and oxygen atoms in total. The lowest BCUT2D eigenvalue weighted by atomic mass is 10.0. The molecule has 0 fully saturated rings. The van der Waals surface area contributed by atoms with Crippen molar-refractivity contribution in [2.24, 2.45) is 0 Å². The fourth-order valence-corrected chi connectivity index (χ4v) is 3.10. The van der Waals surface area contributed by atoms with Crippen LogP contribution in [-0.4, -0.2) is 9.78 Å². The smallest absolute Gasteiger partial charge is 0.383 e. The lowest BCUT2D eigenvalue weighted by Crippen LogP contribution is -2.10. The summed E-state index contributed by atoms with van der Waals surface area (Å²) in [5.41, 5.74) is 2.48. The molecule has 1 aromatic heterocycles. The van der Waals surface area contributed by atoms with Crippen molar-refractivity contribution in [3.8, 4) is 16.8 Å². The van der Waals surface area contributed by atoms with Gasteiger partial charge in [0.05, 0.1) is 21.8 Å². The summed E-state index contributed by atoms with van der Waals surface area (Å²) >= 11 is 11.8. The molecule has 0 spiro atoms. The number of anilines is 1. The van der Waals surface area contributed by atoms with Gasteiger partial charge in [0, 0.05) is 10.6 Å². The highest BCUT2D eigenvalue weighted by Crippen LogP contribution is 2.43. The van der Waals surface area contributed by atoms with Crippen LogP contribution in [0.3, 0.4) is 0 Å². The molecule has 0 saturated carbocycles. The molecule has 148 valence electrons. The van der Waals surface area contributed by atoms with Crippen molar-refractivity contribution in [1.82, 2.24) is 9.78 Å². The minimum Gasteiger partial charge on any atom is -0.383 e. The summed E-state index contributed by atoms with van der Waals surface area (Å²) in [7, 11) is 0. The molecule has 0 radical (unpaired) electrons. The van der Waals surface area contributed by atoms with E-state index in [4.69, 9.17) is 28.9 Å². The highest BCUT2D eigenvalue weighted by molar-refractivity contribution is 6.36. The SMILES string of the molecule is Nc1c(-c2ccc(Cl)cc2Cl)c(C(F)(F)F)nn1-c1cccc(C(F)(F)F)c1. The molecule has 28 heavy (non-hydrogen) atoms. The highest BCUT2D eigenvalue weighted by atomic mass is 35.5. The van der Waals surface area contributed by atoms with Crippen molar-refractivity contribution < 1.29 is 26.3 Å². The number of nitrogens with two attached hydrogens (primary N) is 1. The standard InChI is InChI=1S/C17H9Cl2F6N3/c18-9-4-5-11(12(19)7-9)13-14(17(23,24)25)27-28(15(13)26)10-3-1-2-8(6-10)16(20,21)22/h1-7H,26H2. The van der Waals surface area contributed by atoms with Gasteiger partial charge in [-0.2, -0.15) is 31.4 Å². The number of alkyl halides is 6. The Hall–Kier alpha value is -2.39. The molecule has 3 aromatic rings. The van der Waals surface area contributed by atoms with Gasteiger partial charge in [0.25, 0.3) is 0 Å². The average molecular weight is 440 g/mol. The van der Waals surface area contributed by atoms with Crippen molar-refractivity contribution in [2.45, 2.75) is 12.4 Å². The molecule has 1 heterocycles. The van der Waals surface area contributed by atoms with E-state index in [1.54, 1.807) is 0 Å². The van der Waals surface area contributed by atoms with E-state index in [0.29, 0.717) is 10.7 Å². The maximum absolute atomic E-state index is 13.5. The number of rotatable bonds is 2. The maximum atomic E-state index is 13.5. The van der Waals surface area contributed by atoms with Crippen LogP contribution in [0, 0.1) is 0 Å². The second-order valence-corrected chi connectivity index (χ2v) is 6.53. The topological polar surface area (TPSA) is 43.8 Å². The summed E-state index contributed by atoms with van der Waals surface area (Å²) in [6.45, 7) is 0. The van der Waals surface area contributed by atoms with E-state index in [1.165, 1.54) is 18.2 Å². The van der Waals surface area contributed by atoms with Gasteiger partial charge in [0.1, 0.15) is 5.82 Å². The van der Waals surface area contributed by atoms with Crippen LogP contribution in [0.15, 0.2) is 42.5 Å². The van der Waals surface area contributed by atoms with Crippen LogP contribution >= 0.6 is 23.2 Å². The first-order valence-corrected chi connectivity index (χ1v) is 8.24. The van der Waals surface area contributed by atoms with Crippen molar-refractivity contribution in [2.75, 3.05) is 5.73 Å². The Bertz CT molecular complexity index is 1040. The van der Waals surface area contributed by atoms with Crippen molar-refractivity contribution >= 4 is 29.0 Å². The van der Waals surface area contributed by atoms with Crippen LogP contribution in [0.2, 0.25) is 10.0 Å². The molecule has 2 aromatic carbocycles. The van der Waals surface area contributed by atoms with Gasteiger partial charge in [-0.25, -0.2) is 4.68 Å². The highest BCUT2D eigenvalue weighted by Gasteiger charge is 2.40. The first-order chi connectivity index (χ1) is 12.9. The predicted molar refractivity (Wildman–Crippen MR) is 93.4 cm³/mol. The normalized spacial score (nSPS) is 12.4. The number of hydrogen-bond donors (Lipinski definition) is 1. The van der Waals surface area contributed by atoms with Gasteiger partial charge in [-0.3, -0.25) is 0 Å². The summed E-state index contributed by atoms with van der Waals surface area (Å²) in [4.78, 5) is 0. The number of halogens is 8. The molecular weight excluding hydrogens is 431 g/mol. The molecule has 0 aliphatic heterocycles. The second-order valence-electron chi connectivity index (χ2n) is 5.69. The Morgan fingerprint density at radius 2 is 1.57 bits per heavy atom. The van der Waals surface area contributed by atoms with Gasteiger partial charge in [-0.15, -0.1) is 0 Å². The largest absolute Gasteiger partial charge is 0.435 e. The zero-order chi connectivity index (χ0) is 20.9. The van der Waals surface area contributed by atoms with Crippen LogP contribution in [0.1, 0.15) is 11.3 Å². The first-order valence-electron chi connectivity index (χ1n) is 7.48. The first kappa shape index (κ1) is 20.3. The zero-order valence-corrected chi connectivity index (χ0v) is 15.0. The summed E-state index contributed by atoms with van der Waals surface area (Å²) in [5.74, 6) is -0.518. The molecule has 0 saturated heterocycles. The summed E-state index contributed by atoms with van der Waals surface area (Å²) in [6, 6.07) is 7.39. The Morgan fingerprint density at radius 3 is 2.14 bits per heavy atom. The van der Waals surface area contributed by atoms with E-state index in [0.717, 1.165) is 18.2 Å². The van der Waals surface area contributed by atoms with E-state index < -0.39 is 35.0 Å². The third-order valence-corrected chi connectivity index (χ3v) is 4.36. The van der Waals surface area contributed by atoms with E-state index in [9.17, 15) is 26.3 Å². The quantitative estimate of drug-likeness (QED) is 0.465. The number of aromatic nitrogens is 2. The van der Waals surface area contributed by atoms with Gasteiger partial charge < -0.3 is 5.73 Å². The predicted octanol–water partition coefficient (Wildman–Crippen LogP) is 6.47. The number of nitrogen functional groups attached to an aromatic ring is 1. The average Bonchev–Trinajstić information content (AvgIpc) is 2.92. The molecule has 0 bridgehead atoms. The van der Waals surface area contributed by atoms with Crippen molar-refractivity contribution in [1.29, 1.82) is 0 Å². The van der Waals surface area contributed by atoms with Gasteiger partial charge in [0.2, 0.25) is 0 Å². The van der Waals surface area contributed by atoms with Crippen LogP contribution in [0.5, 0.6) is 0 Å². The Kier molecular flexibility index (Phi) is 5.01. The van der Waals surface area contributed by atoms with Crippen LogP contribution in [-0.2, 0) is 12.4 Å². The third-order valence-electron chi connectivity index (χ3n) is 3.81. The molecule has 0 amide bonds. The molecule has 0 atom stereocenters. The lowest BCUT2D eigenvalue weighted by Gasteiger charge is -2.10. The van der Waals surface area contributed by atoms with E-state index in [-0.39, 0.29) is 21.3 Å². The Labute approximate surface area is 164 Å². The fraction of sp³-hybridized carbons (Fsp3) is 0.118. The molecule has 0 aliphatic rings. The number of nitrogens with zero attached hydrogens (tertiary/aromatic N) is 2. The summed E-state index contributed by atoms with van der Waals surface area (Å²) in [6.07, 6.45) is -9.62. The molecule has 2 N–H and O–H groups in total. The molecule has 0 unspecified atom stereocenters. The minimum atomic E-state index is -4.93.